The number of benzene rings is 1. The molecule has 0 saturated carbocycles. The van der Waals surface area contributed by atoms with Crippen molar-refractivity contribution in [2.45, 2.75) is 13.1 Å². The van der Waals surface area contributed by atoms with Crippen molar-refractivity contribution in [1.29, 1.82) is 0 Å². The molecule has 0 aliphatic rings. The van der Waals surface area contributed by atoms with E-state index >= 15 is 0 Å². The zero-order chi connectivity index (χ0) is 15.4. The van der Waals surface area contributed by atoms with Gasteiger partial charge in [-0.2, -0.15) is 0 Å². The van der Waals surface area contributed by atoms with Crippen LogP contribution in [0.25, 0.3) is 0 Å². The second kappa shape index (κ2) is 6.09. The number of carbonyl (C=O) groups is 1. The van der Waals surface area contributed by atoms with Crippen LogP contribution < -0.4 is 5.32 Å². The number of nitro benzene ring substituents is 1. The van der Waals surface area contributed by atoms with Crippen LogP contribution in [0.15, 0.2) is 24.5 Å². The van der Waals surface area contributed by atoms with Gasteiger partial charge in [0.05, 0.1) is 11.5 Å². The first-order chi connectivity index (χ1) is 10.0. The van der Waals surface area contributed by atoms with E-state index in [9.17, 15) is 14.9 Å². The minimum absolute atomic E-state index is 0.177. The highest BCUT2D eigenvalue weighted by atomic mass is 16.6. The number of aromatic nitrogens is 3. The van der Waals surface area contributed by atoms with Crippen molar-refractivity contribution in [3.63, 3.8) is 0 Å². The highest BCUT2D eigenvalue weighted by molar-refractivity contribution is 5.94. The van der Waals surface area contributed by atoms with Crippen molar-refractivity contribution < 1.29 is 14.8 Å². The van der Waals surface area contributed by atoms with Crippen LogP contribution in [0, 0.1) is 10.1 Å². The summed E-state index contributed by atoms with van der Waals surface area (Å²) in [6.07, 6.45) is 1.55. The zero-order valence-electron chi connectivity index (χ0n) is 11.2. The molecule has 0 aliphatic heterocycles. The fourth-order valence-electron chi connectivity index (χ4n) is 1.91. The average molecular weight is 291 g/mol. The Kier molecular flexibility index (Phi) is 4.24. The summed E-state index contributed by atoms with van der Waals surface area (Å²) in [5, 5.41) is 30.6. The lowest BCUT2D eigenvalue weighted by atomic mass is 10.1. The summed E-state index contributed by atoms with van der Waals surface area (Å²) < 4.78 is 1.72. The lowest BCUT2D eigenvalue weighted by Gasteiger charge is -2.08. The van der Waals surface area contributed by atoms with Gasteiger partial charge in [0.25, 0.3) is 5.69 Å². The molecule has 110 valence electrons. The Morgan fingerprint density at radius 3 is 2.81 bits per heavy atom. The summed E-state index contributed by atoms with van der Waals surface area (Å²) in [5.41, 5.74) is -0.368. The van der Waals surface area contributed by atoms with E-state index in [0.717, 1.165) is 0 Å². The van der Waals surface area contributed by atoms with Crippen LogP contribution in [0.5, 0.6) is 0 Å². The highest BCUT2D eigenvalue weighted by Crippen LogP contribution is 2.22. The van der Waals surface area contributed by atoms with Gasteiger partial charge in [-0.3, -0.25) is 10.1 Å². The summed E-state index contributed by atoms with van der Waals surface area (Å²) >= 11 is 0. The molecule has 0 unspecified atom stereocenters. The Hall–Kier alpha value is -2.81. The quantitative estimate of drug-likeness (QED) is 0.593. The lowest BCUT2D eigenvalue weighted by molar-refractivity contribution is -0.385. The topological polar surface area (TPSA) is 123 Å². The highest BCUT2D eigenvalue weighted by Gasteiger charge is 2.23. The zero-order valence-corrected chi connectivity index (χ0v) is 11.2. The second-order valence-corrected chi connectivity index (χ2v) is 4.34. The molecule has 0 amide bonds. The maximum Gasteiger partial charge on any atom is 0.343 e. The van der Waals surface area contributed by atoms with Crippen LogP contribution in [-0.2, 0) is 20.1 Å². The molecule has 0 saturated heterocycles. The van der Waals surface area contributed by atoms with Gasteiger partial charge in [-0.1, -0.05) is 12.1 Å². The fraction of sp³-hybridized carbons (Fsp3) is 0.250. The Morgan fingerprint density at radius 2 is 2.24 bits per heavy atom. The number of aromatic carboxylic acids is 1. The van der Waals surface area contributed by atoms with Crippen LogP contribution in [-0.4, -0.2) is 30.8 Å². The van der Waals surface area contributed by atoms with Gasteiger partial charge in [-0.05, 0) is 5.56 Å². The molecule has 1 heterocycles. The molecule has 0 aliphatic carbocycles. The van der Waals surface area contributed by atoms with Crippen molar-refractivity contribution >= 4 is 11.7 Å². The lowest BCUT2D eigenvalue weighted by Crippen LogP contribution is -2.18. The van der Waals surface area contributed by atoms with E-state index in [2.05, 4.69) is 15.5 Å². The number of nitrogens with zero attached hydrogens (tertiary/aromatic N) is 4. The molecule has 0 spiro atoms. The average Bonchev–Trinajstić information content (AvgIpc) is 2.84. The van der Waals surface area contributed by atoms with Crippen LogP contribution in [0.2, 0.25) is 0 Å². The molecule has 0 fully saturated rings. The van der Waals surface area contributed by atoms with Gasteiger partial charge in [0.2, 0.25) is 0 Å². The first-order valence-electron chi connectivity index (χ1n) is 6.04. The molecule has 9 nitrogen and oxygen atoms in total. The van der Waals surface area contributed by atoms with Gasteiger partial charge in [0, 0.05) is 19.7 Å². The van der Waals surface area contributed by atoms with Crippen molar-refractivity contribution in [3.8, 4) is 0 Å². The number of carboxylic acid groups (broad SMARTS) is 1. The molecule has 1 aromatic heterocycles. The van der Waals surface area contributed by atoms with E-state index < -0.39 is 16.6 Å². The van der Waals surface area contributed by atoms with Crippen molar-refractivity contribution in [2.75, 3.05) is 0 Å². The molecule has 9 heteroatoms. The number of hydrogen-bond donors (Lipinski definition) is 2. The van der Waals surface area contributed by atoms with Crippen molar-refractivity contribution in [2.24, 2.45) is 7.05 Å². The number of nitro groups is 1. The maximum atomic E-state index is 11.2. The monoisotopic (exact) mass is 291 g/mol. The van der Waals surface area contributed by atoms with Gasteiger partial charge in [-0.15, -0.1) is 10.2 Å². The van der Waals surface area contributed by atoms with E-state index in [1.807, 2.05) is 0 Å². The maximum absolute atomic E-state index is 11.2. The Labute approximate surface area is 119 Å². The van der Waals surface area contributed by atoms with Crippen molar-refractivity contribution in [3.05, 3.63) is 51.6 Å². The minimum Gasteiger partial charge on any atom is -0.477 e. The predicted molar refractivity (Wildman–Crippen MR) is 71.6 cm³/mol. The Balaban J connectivity index is 2.16. The molecule has 2 aromatic rings. The number of aryl methyl sites for hydroxylation is 1. The first kappa shape index (κ1) is 14.6. The van der Waals surface area contributed by atoms with Gasteiger partial charge in [0.1, 0.15) is 17.7 Å². The van der Waals surface area contributed by atoms with E-state index in [1.165, 1.54) is 12.1 Å². The first-order valence-corrected chi connectivity index (χ1v) is 6.04. The normalized spacial score (nSPS) is 10.5. The number of carboxylic acids is 1. The molecule has 0 bridgehead atoms. The summed E-state index contributed by atoms with van der Waals surface area (Å²) in [4.78, 5) is 21.4. The second-order valence-electron chi connectivity index (χ2n) is 4.34. The van der Waals surface area contributed by atoms with Gasteiger partial charge >= 0.3 is 5.97 Å². The van der Waals surface area contributed by atoms with E-state index in [1.54, 1.807) is 24.0 Å². The van der Waals surface area contributed by atoms with Gasteiger partial charge < -0.3 is 15.0 Å². The summed E-state index contributed by atoms with van der Waals surface area (Å²) in [6.45, 7) is 0.550. The smallest absolute Gasteiger partial charge is 0.343 e. The summed E-state index contributed by atoms with van der Waals surface area (Å²) in [5.74, 6) is -0.643. The number of rotatable bonds is 6. The van der Waals surface area contributed by atoms with Crippen LogP contribution in [0.4, 0.5) is 5.69 Å². The largest absolute Gasteiger partial charge is 0.477 e. The van der Waals surface area contributed by atoms with Gasteiger partial charge in [0.15, 0.2) is 0 Å². The van der Waals surface area contributed by atoms with Crippen LogP contribution in [0.1, 0.15) is 21.7 Å². The third-order valence-corrected chi connectivity index (χ3v) is 2.94. The van der Waals surface area contributed by atoms with E-state index in [4.69, 9.17) is 5.11 Å². The molecule has 2 rings (SSSR count). The number of hydrogen-bond acceptors (Lipinski definition) is 6. The predicted octanol–water partition coefficient (Wildman–Crippen LogP) is 0.711. The minimum atomic E-state index is -1.32. The Bertz CT molecular complexity index is 682. The van der Waals surface area contributed by atoms with Crippen LogP contribution in [0.3, 0.4) is 0 Å². The molecule has 0 atom stereocenters. The third-order valence-electron chi connectivity index (χ3n) is 2.94. The Morgan fingerprint density at radius 1 is 1.48 bits per heavy atom. The van der Waals surface area contributed by atoms with Gasteiger partial charge in [-0.25, -0.2) is 4.79 Å². The van der Waals surface area contributed by atoms with E-state index in [-0.39, 0.29) is 12.1 Å². The fourth-order valence-corrected chi connectivity index (χ4v) is 1.91. The molecular weight excluding hydrogens is 278 g/mol. The SMILES string of the molecule is Cn1cnnc1CNCc1cccc([N+](=O)[O-])c1C(=O)O. The van der Waals surface area contributed by atoms with Crippen molar-refractivity contribution in [1.82, 2.24) is 20.1 Å². The summed E-state index contributed by atoms with van der Waals surface area (Å²) in [7, 11) is 1.78. The molecular formula is C12H13N5O4. The molecule has 21 heavy (non-hydrogen) atoms. The van der Waals surface area contributed by atoms with Crippen LogP contribution >= 0.6 is 0 Å². The molecule has 0 radical (unpaired) electrons. The molecule has 1 aromatic carbocycles. The standard InChI is InChI=1S/C12H13N5O4/c1-16-7-14-15-10(16)6-13-5-8-3-2-4-9(17(20)21)11(8)12(18)19/h2-4,7,13H,5-6H2,1H3,(H,18,19). The number of nitrogens with one attached hydrogen (secondary N) is 1. The van der Waals surface area contributed by atoms with E-state index in [0.29, 0.717) is 17.9 Å². The third kappa shape index (κ3) is 3.20. The summed E-state index contributed by atoms with van der Waals surface area (Å²) in [6, 6.07) is 4.18. The molecule has 2 N–H and O–H groups in total.